The normalized spacial score (nSPS) is 26.1. The van der Waals surface area contributed by atoms with Crippen LogP contribution in [0.15, 0.2) is 53.6 Å². The molecule has 1 unspecified atom stereocenters. The lowest BCUT2D eigenvalue weighted by atomic mass is 9.95. The van der Waals surface area contributed by atoms with Crippen molar-refractivity contribution in [2.75, 3.05) is 6.54 Å². The van der Waals surface area contributed by atoms with Crippen LogP contribution in [-0.2, 0) is 11.3 Å². The molecule has 24 heavy (non-hydrogen) atoms. The largest absolute Gasteiger partial charge is 0.325 e. The molecule has 0 saturated carbocycles. The van der Waals surface area contributed by atoms with Gasteiger partial charge in [-0.2, -0.15) is 0 Å². The summed E-state index contributed by atoms with van der Waals surface area (Å²) in [6.07, 6.45) is 7.76. The molecular weight excluding hydrogens is 320 g/mol. The monoisotopic (exact) mass is 340 g/mol. The number of carbonyl (C=O) groups is 2. The van der Waals surface area contributed by atoms with E-state index >= 15 is 0 Å². The minimum absolute atomic E-state index is 0.0391. The van der Waals surface area contributed by atoms with Crippen molar-refractivity contribution < 1.29 is 9.59 Å². The van der Waals surface area contributed by atoms with Crippen molar-refractivity contribution in [3.05, 3.63) is 59.2 Å². The molecule has 1 fully saturated rings. The molecular formula is C19H20N2O2S. The lowest BCUT2D eigenvalue weighted by Gasteiger charge is -2.26. The van der Waals surface area contributed by atoms with Gasteiger partial charge in [-0.15, -0.1) is 0 Å². The van der Waals surface area contributed by atoms with Crippen molar-refractivity contribution in [3.63, 3.8) is 0 Å². The Balaban J connectivity index is 1.57. The third kappa shape index (κ3) is 2.77. The zero-order valence-electron chi connectivity index (χ0n) is 13.4. The average Bonchev–Trinajstić information content (AvgIpc) is 3.11. The summed E-state index contributed by atoms with van der Waals surface area (Å²) in [4.78, 5) is 28.8. The highest BCUT2D eigenvalue weighted by Gasteiger charge is 2.48. The van der Waals surface area contributed by atoms with Gasteiger partial charge in [0.05, 0.1) is 12.2 Å². The van der Waals surface area contributed by atoms with Crippen molar-refractivity contribution in [1.82, 2.24) is 9.80 Å². The van der Waals surface area contributed by atoms with E-state index in [9.17, 15) is 9.59 Å². The van der Waals surface area contributed by atoms with Gasteiger partial charge >= 0.3 is 6.03 Å². The van der Waals surface area contributed by atoms with E-state index in [1.165, 1.54) is 11.8 Å². The third-order valence-corrected chi connectivity index (χ3v) is 5.68. The average molecular weight is 340 g/mol. The fourth-order valence-electron chi connectivity index (χ4n) is 3.64. The van der Waals surface area contributed by atoms with Crippen LogP contribution in [-0.4, -0.2) is 33.5 Å². The molecule has 2 heterocycles. The number of benzene rings is 1. The van der Waals surface area contributed by atoms with Gasteiger partial charge in [0, 0.05) is 12.0 Å². The molecule has 124 valence electrons. The molecule has 0 radical (unpaired) electrons. The van der Waals surface area contributed by atoms with Crippen LogP contribution in [0.4, 0.5) is 4.79 Å². The maximum Gasteiger partial charge on any atom is 0.325 e. The van der Waals surface area contributed by atoms with Gasteiger partial charge in [0.25, 0.3) is 0 Å². The second-order valence-corrected chi connectivity index (χ2v) is 7.38. The van der Waals surface area contributed by atoms with E-state index in [-0.39, 0.29) is 11.1 Å². The molecule has 0 N–H and O–H groups in total. The number of nitrogens with zero attached hydrogens (tertiary/aromatic N) is 2. The van der Waals surface area contributed by atoms with Crippen molar-refractivity contribution in [2.24, 2.45) is 5.92 Å². The molecule has 4 rings (SSSR count). The van der Waals surface area contributed by atoms with Crippen LogP contribution in [0.2, 0.25) is 0 Å². The second-order valence-electron chi connectivity index (χ2n) is 6.51. The highest BCUT2D eigenvalue weighted by atomic mass is 32.2. The molecule has 1 aromatic carbocycles. The van der Waals surface area contributed by atoms with Gasteiger partial charge in [0.15, 0.2) is 0 Å². The number of urea groups is 1. The number of hydrogen-bond donors (Lipinski definition) is 0. The van der Waals surface area contributed by atoms with Gasteiger partial charge < -0.3 is 4.90 Å². The maximum absolute atomic E-state index is 13.0. The number of thioether (sulfide) groups is 1. The van der Waals surface area contributed by atoms with Crippen LogP contribution in [0, 0.1) is 5.92 Å². The first-order chi connectivity index (χ1) is 11.7. The van der Waals surface area contributed by atoms with Gasteiger partial charge in [-0.1, -0.05) is 54.2 Å². The van der Waals surface area contributed by atoms with Gasteiger partial charge in [-0.3, -0.25) is 9.69 Å². The van der Waals surface area contributed by atoms with Gasteiger partial charge in [-0.25, -0.2) is 4.79 Å². The van der Waals surface area contributed by atoms with E-state index in [1.807, 2.05) is 35.7 Å². The number of fused-ring (bicyclic) bond motifs is 1. The SMILES string of the molecule is O=C1SC=C2[C@@H]1N(CC1C=CCCC1)C(=O)N2Cc1ccccc1. The molecule has 1 saturated heterocycles. The standard InChI is InChI=1S/C19H20N2O2S/c22-18-17-16(13-24-18)20(11-14-7-3-1-4-8-14)19(23)21(17)12-15-9-5-2-6-10-15/h1,3-5,7-9,13,15,17H,2,6,10-12H2/t15?,17-/m0/s1. The van der Waals surface area contributed by atoms with Crippen LogP contribution in [0.3, 0.4) is 0 Å². The summed E-state index contributed by atoms with van der Waals surface area (Å²) >= 11 is 1.22. The van der Waals surface area contributed by atoms with E-state index in [2.05, 4.69) is 12.2 Å². The zero-order chi connectivity index (χ0) is 16.5. The fourth-order valence-corrected chi connectivity index (χ4v) is 4.51. The number of rotatable bonds is 4. The fraction of sp³-hybridized carbons (Fsp3) is 0.368. The number of allylic oxidation sites excluding steroid dienone is 1. The third-order valence-electron chi connectivity index (χ3n) is 4.87. The second kappa shape index (κ2) is 6.48. The molecule has 1 aliphatic carbocycles. The minimum Gasteiger partial charge on any atom is -0.307 e. The zero-order valence-corrected chi connectivity index (χ0v) is 14.2. The first kappa shape index (κ1) is 15.5. The molecule has 5 heteroatoms. The highest BCUT2D eigenvalue weighted by Crippen LogP contribution is 2.39. The van der Waals surface area contributed by atoms with E-state index in [0.29, 0.717) is 19.0 Å². The summed E-state index contributed by atoms with van der Waals surface area (Å²) in [5, 5.41) is 1.92. The molecule has 1 aromatic rings. The summed E-state index contributed by atoms with van der Waals surface area (Å²) in [6, 6.07) is 9.50. The Bertz CT molecular complexity index is 713. The molecule has 4 nitrogen and oxygen atoms in total. The Labute approximate surface area is 146 Å². The van der Waals surface area contributed by atoms with Crippen LogP contribution in [0.5, 0.6) is 0 Å². The molecule has 0 bridgehead atoms. The topological polar surface area (TPSA) is 40.6 Å². The van der Waals surface area contributed by atoms with E-state index in [1.54, 1.807) is 9.80 Å². The summed E-state index contributed by atoms with van der Waals surface area (Å²) in [7, 11) is 0. The molecule has 3 aliphatic rings. The molecule has 2 amide bonds. The molecule has 0 spiro atoms. The van der Waals surface area contributed by atoms with Crippen LogP contribution in [0.1, 0.15) is 24.8 Å². The smallest absolute Gasteiger partial charge is 0.307 e. The van der Waals surface area contributed by atoms with Crippen LogP contribution >= 0.6 is 11.8 Å². The predicted molar refractivity (Wildman–Crippen MR) is 95.0 cm³/mol. The van der Waals surface area contributed by atoms with Gasteiger partial charge in [0.1, 0.15) is 6.04 Å². The molecule has 2 atom stereocenters. The van der Waals surface area contributed by atoms with Crippen molar-refractivity contribution >= 4 is 22.9 Å². The first-order valence-corrected chi connectivity index (χ1v) is 9.31. The van der Waals surface area contributed by atoms with Crippen LogP contribution in [0.25, 0.3) is 0 Å². The van der Waals surface area contributed by atoms with Crippen LogP contribution < -0.4 is 0 Å². The van der Waals surface area contributed by atoms with Gasteiger partial charge in [0.2, 0.25) is 5.12 Å². The minimum atomic E-state index is -0.401. The Kier molecular flexibility index (Phi) is 4.19. The Hall–Kier alpha value is -2.01. The predicted octanol–water partition coefficient (Wildman–Crippen LogP) is 3.76. The number of hydrogen-bond acceptors (Lipinski definition) is 3. The first-order valence-electron chi connectivity index (χ1n) is 8.43. The number of amides is 2. The summed E-state index contributed by atoms with van der Waals surface area (Å²) < 4.78 is 0. The molecule has 2 aliphatic heterocycles. The van der Waals surface area contributed by atoms with E-state index in [0.717, 1.165) is 30.5 Å². The van der Waals surface area contributed by atoms with E-state index in [4.69, 9.17) is 0 Å². The Morgan fingerprint density at radius 3 is 2.75 bits per heavy atom. The highest BCUT2D eigenvalue weighted by molar-refractivity contribution is 8.16. The lowest BCUT2D eigenvalue weighted by molar-refractivity contribution is -0.113. The number of carbonyl (C=O) groups excluding carboxylic acids is 2. The Morgan fingerprint density at radius 2 is 2.00 bits per heavy atom. The maximum atomic E-state index is 13.0. The van der Waals surface area contributed by atoms with Crippen molar-refractivity contribution in [2.45, 2.75) is 31.8 Å². The quantitative estimate of drug-likeness (QED) is 0.784. The summed E-state index contributed by atoms with van der Waals surface area (Å²) in [5.41, 5.74) is 1.92. The lowest BCUT2D eigenvalue weighted by Crippen LogP contribution is -2.40. The Morgan fingerprint density at radius 1 is 1.17 bits per heavy atom. The van der Waals surface area contributed by atoms with Crippen molar-refractivity contribution in [3.8, 4) is 0 Å². The summed E-state index contributed by atoms with van der Waals surface area (Å²) in [6.45, 7) is 1.15. The van der Waals surface area contributed by atoms with Gasteiger partial charge in [-0.05, 0) is 30.7 Å². The summed E-state index contributed by atoms with van der Waals surface area (Å²) in [5.74, 6) is 0.360. The van der Waals surface area contributed by atoms with E-state index < -0.39 is 6.04 Å². The van der Waals surface area contributed by atoms with Crippen molar-refractivity contribution in [1.29, 1.82) is 0 Å². The molecule has 0 aromatic heterocycles.